The van der Waals surface area contributed by atoms with Crippen LogP contribution in [0.15, 0.2) is 16.8 Å². The van der Waals surface area contributed by atoms with Crippen LogP contribution in [0.2, 0.25) is 0 Å². The topological polar surface area (TPSA) is 32.3 Å². The molecule has 1 N–H and O–H groups in total. The third-order valence-corrected chi connectivity index (χ3v) is 4.34. The Morgan fingerprint density at radius 1 is 1.47 bits per heavy atom. The second-order valence-corrected chi connectivity index (χ2v) is 6.46. The third kappa shape index (κ3) is 3.37. The van der Waals surface area contributed by atoms with Crippen molar-refractivity contribution in [3.63, 3.8) is 0 Å². The SMILES string of the molecule is CCCC1NC(c2ccsc2)N(CCC(C)C)C1=O. The molecule has 19 heavy (non-hydrogen) atoms. The Morgan fingerprint density at radius 3 is 2.84 bits per heavy atom. The molecule has 2 atom stereocenters. The predicted octanol–water partition coefficient (Wildman–Crippen LogP) is 3.39. The van der Waals surface area contributed by atoms with Gasteiger partial charge < -0.3 is 4.90 Å². The van der Waals surface area contributed by atoms with Crippen molar-refractivity contribution in [1.29, 1.82) is 0 Å². The lowest BCUT2D eigenvalue weighted by Crippen LogP contribution is -2.32. The molecular weight excluding hydrogens is 256 g/mol. The zero-order valence-corrected chi connectivity index (χ0v) is 12.9. The molecule has 2 unspecified atom stereocenters. The highest BCUT2D eigenvalue weighted by Crippen LogP contribution is 2.28. The normalized spacial score (nSPS) is 23.6. The van der Waals surface area contributed by atoms with Gasteiger partial charge in [-0.2, -0.15) is 11.3 Å². The van der Waals surface area contributed by atoms with E-state index in [4.69, 9.17) is 0 Å². The molecule has 2 heterocycles. The maximum Gasteiger partial charge on any atom is 0.241 e. The molecule has 0 aliphatic carbocycles. The summed E-state index contributed by atoms with van der Waals surface area (Å²) in [5, 5.41) is 7.72. The van der Waals surface area contributed by atoms with E-state index in [0.717, 1.165) is 25.8 Å². The van der Waals surface area contributed by atoms with E-state index in [1.54, 1.807) is 11.3 Å². The van der Waals surface area contributed by atoms with Gasteiger partial charge in [-0.15, -0.1) is 0 Å². The van der Waals surface area contributed by atoms with E-state index >= 15 is 0 Å². The van der Waals surface area contributed by atoms with Crippen molar-refractivity contribution in [1.82, 2.24) is 10.2 Å². The number of rotatable bonds is 6. The molecule has 1 aromatic heterocycles. The fourth-order valence-corrected chi connectivity index (χ4v) is 3.20. The summed E-state index contributed by atoms with van der Waals surface area (Å²) in [7, 11) is 0. The number of carbonyl (C=O) groups is 1. The molecule has 2 rings (SSSR count). The molecule has 106 valence electrons. The Bertz CT molecular complexity index is 402. The highest BCUT2D eigenvalue weighted by molar-refractivity contribution is 7.07. The first kappa shape index (κ1) is 14.5. The van der Waals surface area contributed by atoms with Crippen LogP contribution in [-0.4, -0.2) is 23.4 Å². The van der Waals surface area contributed by atoms with Crippen LogP contribution in [0.25, 0.3) is 0 Å². The molecule has 0 bridgehead atoms. The van der Waals surface area contributed by atoms with Gasteiger partial charge in [0.05, 0.1) is 6.04 Å². The first-order valence-corrected chi connectivity index (χ1v) is 8.16. The van der Waals surface area contributed by atoms with E-state index in [1.165, 1.54) is 5.56 Å². The molecule has 0 radical (unpaired) electrons. The van der Waals surface area contributed by atoms with Crippen molar-refractivity contribution in [2.45, 2.75) is 52.2 Å². The average molecular weight is 280 g/mol. The second-order valence-electron chi connectivity index (χ2n) is 5.68. The van der Waals surface area contributed by atoms with E-state index in [2.05, 4.69) is 42.9 Å². The van der Waals surface area contributed by atoms with E-state index in [-0.39, 0.29) is 18.1 Å². The lowest BCUT2D eigenvalue weighted by molar-refractivity contribution is -0.130. The summed E-state index contributed by atoms with van der Waals surface area (Å²) < 4.78 is 0. The fourth-order valence-electron chi connectivity index (χ4n) is 2.52. The third-order valence-electron chi connectivity index (χ3n) is 3.64. The smallest absolute Gasteiger partial charge is 0.241 e. The quantitative estimate of drug-likeness (QED) is 0.866. The first-order valence-electron chi connectivity index (χ1n) is 7.22. The molecular formula is C15H24N2OS. The summed E-state index contributed by atoms with van der Waals surface area (Å²) in [6.45, 7) is 7.39. The van der Waals surface area contributed by atoms with Crippen LogP contribution in [0, 0.1) is 5.92 Å². The summed E-state index contributed by atoms with van der Waals surface area (Å²) in [4.78, 5) is 14.5. The summed E-state index contributed by atoms with van der Waals surface area (Å²) in [6, 6.07) is 2.12. The number of thiophene rings is 1. The van der Waals surface area contributed by atoms with Gasteiger partial charge in [0.1, 0.15) is 6.17 Å². The molecule has 1 aliphatic rings. The van der Waals surface area contributed by atoms with Gasteiger partial charge in [-0.25, -0.2) is 0 Å². The largest absolute Gasteiger partial charge is 0.322 e. The van der Waals surface area contributed by atoms with Crippen LogP contribution >= 0.6 is 11.3 Å². The molecule has 1 aliphatic heterocycles. The molecule has 1 saturated heterocycles. The Labute approximate surface area is 120 Å². The van der Waals surface area contributed by atoms with E-state index < -0.39 is 0 Å². The van der Waals surface area contributed by atoms with Gasteiger partial charge in [-0.1, -0.05) is 27.2 Å². The number of carbonyl (C=O) groups excluding carboxylic acids is 1. The number of hydrogen-bond acceptors (Lipinski definition) is 3. The van der Waals surface area contributed by atoms with Crippen LogP contribution in [0.4, 0.5) is 0 Å². The maximum atomic E-state index is 12.5. The fraction of sp³-hybridized carbons (Fsp3) is 0.667. The van der Waals surface area contributed by atoms with Crippen LogP contribution in [-0.2, 0) is 4.79 Å². The van der Waals surface area contributed by atoms with Gasteiger partial charge in [0, 0.05) is 6.54 Å². The van der Waals surface area contributed by atoms with E-state index in [9.17, 15) is 4.79 Å². The highest BCUT2D eigenvalue weighted by Gasteiger charge is 2.38. The Hall–Kier alpha value is -0.870. The van der Waals surface area contributed by atoms with Crippen molar-refractivity contribution in [3.05, 3.63) is 22.4 Å². The standard InChI is InChI=1S/C15H24N2OS/c1-4-5-13-15(18)17(8-6-11(2)3)14(16-13)12-7-9-19-10-12/h7,9-11,13-14,16H,4-6,8H2,1-3H3. The number of nitrogens with one attached hydrogen (secondary N) is 1. The lowest BCUT2D eigenvalue weighted by Gasteiger charge is -2.24. The minimum absolute atomic E-state index is 0.00191. The van der Waals surface area contributed by atoms with Crippen molar-refractivity contribution in [2.24, 2.45) is 5.92 Å². The second kappa shape index (κ2) is 6.53. The molecule has 4 heteroatoms. The molecule has 1 aromatic rings. The Balaban J connectivity index is 2.11. The zero-order chi connectivity index (χ0) is 13.8. The average Bonchev–Trinajstić information content (AvgIpc) is 2.97. The predicted molar refractivity (Wildman–Crippen MR) is 80.1 cm³/mol. The molecule has 0 aromatic carbocycles. The Morgan fingerprint density at radius 2 is 2.26 bits per heavy atom. The lowest BCUT2D eigenvalue weighted by atomic mass is 10.1. The molecule has 1 fully saturated rings. The van der Waals surface area contributed by atoms with E-state index in [1.807, 2.05) is 4.90 Å². The van der Waals surface area contributed by atoms with Crippen LogP contribution in [0.5, 0.6) is 0 Å². The number of nitrogens with zero attached hydrogens (tertiary/aromatic N) is 1. The Kier molecular flexibility index (Phi) is 4.99. The molecule has 0 spiro atoms. The van der Waals surface area contributed by atoms with Gasteiger partial charge >= 0.3 is 0 Å². The monoisotopic (exact) mass is 280 g/mol. The minimum Gasteiger partial charge on any atom is -0.322 e. The van der Waals surface area contributed by atoms with Gasteiger partial charge in [0.2, 0.25) is 5.91 Å². The van der Waals surface area contributed by atoms with Crippen LogP contribution in [0.1, 0.15) is 51.8 Å². The van der Waals surface area contributed by atoms with Gasteiger partial charge in [-0.05, 0) is 41.1 Å². The van der Waals surface area contributed by atoms with Crippen molar-refractivity contribution in [3.8, 4) is 0 Å². The summed E-state index contributed by atoms with van der Waals surface area (Å²) in [5.74, 6) is 0.903. The van der Waals surface area contributed by atoms with Crippen LogP contribution in [0.3, 0.4) is 0 Å². The summed E-state index contributed by atoms with van der Waals surface area (Å²) >= 11 is 1.69. The van der Waals surface area contributed by atoms with Crippen LogP contribution < -0.4 is 5.32 Å². The van der Waals surface area contributed by atoms with E-state index in [0.29, 0.717) is 5.92 Å². The maximum absolute atomic E-state index is 12.5. The summed E-state index contributed by atoms with van der Waals surface area (Å²) in [6.07, 6.45) is 3.11. The van der Waals surface area contributed by atoms with Crippen molar-refractivity contribution >= 4 is 17.2 Å². The summed E-state index contributed by atoms with van der Waals surface area (Å²) in [5.41, 5.74) is 1.22. The molecule has 1 amide bonds. The van der Waals surface area contributed by atoms with Crippen molar-refractivity contribution in [2.75, 3.05) is 6.54 Å². The van der Waals surface area contributed by atoms with Crippen molar-refractivity contribution < 1.29 is 4.79 Å². The number of amides is 1. The number of hydrogen-bond donors (Lipinski definition) is 1. The highest BCUT2D eigenvalue weighted by atomic mass is 32.1. The molecule has 0 saturated carbocycles. The first-order chi connectivity index (χ1) is 9.13. The zero-order valence-electron chi connectivity index (χ0n) is 12.1. The minimum atomic E-state index is 0.00191. The van der Waals surface area contributed by atoms with Gasteiger partial charge in [-0.3, -0.25) is 10.1 Å². The van der Waals surface area contributed by atoms with Gasteiger partial charge in [0.15, 0.2) is 0 Å². The van der Waals surface area contributed by atoms with Gasteiger partial charge in [0.25, 0.3) is 0 Å². The molecule has 3 nitrogen and oxygen atoms in total.